The molecule has 1 nitrogen and oxygen atoms in total. The number of hydrogen-bond donors (Lipinski definition) is 0. The maximum Gasteiger partial charge on any atom is 0.106 e. The fourth-order valence-electron chi connectivity index (χ4n) is 2.41. The van der Waals surface area contributed by atoms with E-state index in [1.165, 1.54) is 0 Å². The lowest BCUT2D eigenvalue weighted by atomic mass is 10.1. The van der Waals surface area contributed by atoms with Crippen molar-refractivity contribution < 1.29 is 0 Å². The normalized spacial score (nSPS) is 26.8. The average molecular weight is 201 g/mol. The van der Waals surface area contributed by atoms with E-state index in [0.717, 1.165) is 6.04 Å². The molecule has 0 N–H and O–H groups in total. The summed E-state index contributed by atoms with van der Waals surface area (Å²) >= 11 is 0. The second-order valence-corrected chi connectivity index (χ2v) is 12.4. The SMILES string of the molecule is CC(C)N([SiH]1C[SiH2]C1)C(C)(C)C. The third kappa shape index (κ3) is 2.21. The van der Waals surface area contributed by atoms with Gasteiger partial charge in [0, 0.05) is 15.1 Å². The first-order valence-electron chi connectivity index (χ1n) is 5.21. The number of rotatable bonds is 2. The van der Waals surface area contributed by atoms with Gasteiger partial charge in [0.05, 0.1) is 0 Å². The van der Waals surface area contributed by atoms with E-state index in [0.29, 0.717) is 15.1 Å². The van der Waals surface area contributed by atoms with Gasteiger partial charge in [-0.1, -0.05) is 25.2 Å². The Balaban J connectivity index is 2.60. The zero-order valence-electron chi connectivity index (χ0n) is 9.22. The summed E-state index contributed by atoms with van der Waals surface area (Å²) < 4.78 is 2.84. The van der Waals surface area contributed by atoms with Crippen LogP contribution < -0.4 is 0 Å². The molecule has 0 saturated carbocycles. The zero-order valence-corrected chi connectivity index (χ0v) is 11.8. The molecule has 12 heavy (non-hydrogen) atoms. The van der Waals surface area contributed by atoms with Crippen LogP contribution in [0.15, 0.2) is 0 Å². The van der Waals surface area contributed by atoms with Crippen LogP contribution in [-0.2, 0) is 0 Å². The molecule has 1 rings (SSSR count). The first-order chi connectivity index (χ1) is 5.43. The van der Waals surface area contributed by atoms with E-state index in [9.17, 15) is 0 Å². The predicted molar refractivity (Wildman–Crippen MR) is 62.0 cm³/mol. The smallest absolute Gasteiger partial charge is 0.106 e. The van der Waals surface area contributed by atoms with Crippen LogP contribution in [0.4, 0.5) is 0 Å². The Morgan fingerprint density at radius 3 is 1.83 bits per heavy atom. The maximum atomic E-state index is 2.84. The second-order valence-electron chi connectivity index (χ2n) is 5.26. The van der Waals surface area contributed by atoms with Gasteiger partial charge in [0.15, 0.2) is 0 Å². The zero-order chi connectivity index (χ0) is 9.35. The van der Waals surface area contributed by atoms with Crippen molar-refractivity contribution in [2.75, 3.05) is 0 Å². The van der Waals surface area contributed by atoms with E-state index in [4.69, 9.17) is 0 Å². The van der Waals surface area contributed by atoms with Crippen LogP contribution in [0.5, 0.6) is 0 Å². The molecule has 0 aromatic carbocycles. The Labute approximate surface area is 81.0 Å². The molecule has 1 heterocycles. The van der Waals surface area contributed by atoms with E-state index >= 15 is 0 Å². The lowest BCUT2D eigenvalue weighted by Crippen LogP contribution is -2.58. The lowest BCUT2D eigenvalue weighted by molar-refractivity contribution is 0.204. The lowest BCUT2D eigenvalue weighted by Gasteiger charge is -2.47. The molecule has 1 saturated heterocycles. The summed E-state index contributed by atoms with van der Waals surface area (Å²) in [5.41, 5.74) is 3.81. The standard InChI is InChI=1S/C9H23NSi2/c1-8(2)10(9(3,4)5)12-6-11-7-12/h8,12H,6-7,11H2,1-5H3. The van der Waals surface area contributed by atoms with Gasteiger partial charge in [-0.25, -0.2) is 0 Å². The van der Waals surface area contributed by atoms with E-state index in [1.807, 2.05) is 0 Å². The molecule has 1 fully saturated rings. The Hall–Kier alpha value is 0.394. The molecule has 72 valence electrons. The van der Waals surface area contributed by atoms with Gasteiger partial charge in [0.1, 0.15) is 8.96 Å². The summed E-state index contributed by atoms with van der Waals surface area (Å²) in [5, 5.41) is 0. The van der Waals surface area contributed by atoms with Crippen LogP contribution in [0, 0.1) is 0 Å². The van der Waals surface area contributed by atoms with E-state index in [2.05, 4.69) is 39.2 Å². The van der Waals surface area contributed by atoms with Gasteiger partial charge < -0.3 is 4.57 Å². The molecule has 0 radical (unpaired) electrons. The summed E-state index contributed by atoms with van der Waals surface area (Å²) in [7, 11) is 0.0413. The molecule has 1 aliphatic heterocycles. The summed E-state index contributed by atoms with van der Waals surface area (Å²) in [6, 6.07) is 0.774. The molecular weight excluding hydrogens is 178 g/mol. The van der Waals surface area contributed by atoms with E-state index in [-0.39, 0.29) is 0 Å². The molecular formula is C9H23NSi2. The Morgan fingerprint density at radius 1 is 1.25 bits per heavy atom. The first kappa shape index (κ1) is 10.5. The first-order valence-corrected chi connectivity index (χ1v) is 9.36. The van der Waals surface area contributed by atoms with Crippen LogP contribution in [-0.4, -0.2) is 34.6 Å². The molecule has 0 bridgehead atoms. The topological polar surface area (TPSA) is 3.24 Å². The molecule has 0 amide bonds. The molecule has 0 spiro atoms. The average Bonchev–Trinajstić information content (AvgIpc) is 1.73. The number of hydrogen-bond acceptors (Lipinski definition) is 1. The summed E-state index contributed by atoms with van der Waals surface area (Å²) in [6.45, 7) is 11.8. The maximum absolute atomic E-state index is 2.84. The molecule has 0 unspecified atom stereocenters. The summed E-state index contributed by atoms with van der Waals surface area (Å²) in [4.78, 5) is 0. The van der Waals surface area contributed by atoms with Crippen molar-refractivity contribution in [1.29, 1.82) is 0 Å². The summed E-state index contributed by atoms with van der Waals surface area (Å²) in [6.07, 6.45) is 0. The van der Waals surface area contributed by atoms with Crippen molar-refractivity contribution in [3.05, 3.63) is 0 Å². The largest absolute Gasteiger partial charge is 0.320 e. The Bertz CT molecular complexity index is 147. The molecule has 0 atom stereocenters. The third-order valence-electron chi connectivity index (χ3n) is 2.80. The Morgan fingerprint density at radius 2 is 1.75 bits per heavy atom. The van der Waals surface area contributed by atoms with Crippen LogP contribution >= 0.6 is 0 Å². The molecule has 0 aliphatic carbocycles. The van der Waals surface area contributed by atoms with Crippen molar-refractivity contribution in [3.8, 4) is 0 Å². The number of nitrogens with zero attached hydrogens (tertiary/aromatic N) is 1. The minimum atomic E-state index is -0.404. The molecule has 3 heteroatoms. The quantitative estimate of drug-likeness (QED) is 0.609. The van der Waals surface area contributed by atoms with Gasteiger partial charge in [-0.15, -0.1) is 0 Å². The minimum Gasteiger partial charge on any atom is -0.320 e. The second kappa shape index (κ2) is 3.64. The van der Waals surface area contributed by atoms with Gasteiger partial charge in [0.25, 0.3) is 0 Å². The third-order valence-corrected chi connectivity index (χ3v) is 13.6. The highest BCUT2D eigenvalue weighted by Gasteiger charge is 2.35. The summed E-state index contributed by atoms with van der Waals surface area (Å²) in [5.74, 6) is 0. The fourth-order valence-corrected chi connectivity index (χ4v) is 9.67. The molecule has 1 aliphatic rings. The minimum absolute atomic E-state index is 0.404. The van der Waals surface area contributed by atoms with Crippen molar-refractivity contribution in [2.45, 2.75) is 57.5 Å². The van der Waals surface area contributed by atoms with Crippen molar-refractivity contribution in [3.63, 3.8) is 0 Å². The van der Waals surface area contributed by atoms with E-state index in [1.54, 1.807) is 11.3 Å². The van der Waals surface area contributed by atoms with Gasteiger partial charge in [0.2, 0.25) is 0 Å². The highest BCUT2D eigenvalue weighted by Crippen LogP contribution is 2.26. The van der Waals surface area contributed by atoms with Gasteiger partial charge >= 0.3 is 0 Å². The van der Waals surface area contributed by atoms with Crippen LogP contribution in [0.25, 0.3) is 0 Å². The van der Waals surface area contributed by atoms with Crippen LogP contribution in [0.3, 0.4) is 0 Å². The van der Waals surface area contributed by atoms with Crippen LogP contribution in [0.1, 0.15) is 34.6 Å². The Kier molecular flexibility index (Phi) is 3.18. The fraction of sp³-hybridized carbons (Fsp3) is 1.00. The monoisotopic (exact) mass is 201 g/mol. The van der Waals surface area contributed by atoms with E-state index < -0.39 is 8.96 Å². The van der Waals surface area contributed by atoms with Gasteiger partial charge in [-0.3, -0.25) is 0 Å². The van der Waals surface area contributed by atoms with Crippen molar-refractivity contribution in [2.24, 2.45) is 0 Å². The van der Waals surface area contributed by atoms with Crippen LogP contribution in [0.2, 0.25) is 11.3 Å². The van der Waals surface area contributed by atoms with Gasteiger partial charge in [-0.05, 0) is 26.8 Å². The van der Waals surface area contributed by atoms with Crippen molar-refractivity contribution >= 4 is 18.5 Å². The highest BCUT2D eigenvalue weighted by molar-refractivity contribution is 6.85. The predicted octanol–water partition coefficient (Wildman–Crippen LogP) is 1.32. The highest BCUT2D eigenvalue weighted by atomic mass is 28.4. The van der Waals surface area contributed by atoms with Gasteiger partial charge in [-0.2, -0.15) is 0 Å². The van der Waals surface area contributed by atoms with Crippen molar-refractivity contribution in [1.82, 2.24) is 4.57 Å². The molecule has 0 aromatic rings. The molecule has 0 aromatic heterocycles.